The Morgan fingerprint density at radius 2 is 1.86 bits per heavy atom. The van der Waals surface area contributed by atoms with Crippen molar-refractivity contribution in [2.24, 2.45) is 5.92 Å². The maximum Gasteiger partial charge on any atom is 0.255 e. The van der Waals surface area contributed by atoms with E-state index in [-0.39, 0.29) is 11.5 Å². The van der Waals surface area contributed by atoms with E-state index in [4.69, 9.17) is 4.74 Å². The number of amides is 2. The Kier molecular flexibility index (Phi) is 7.22. The summed E-state index contributed by atoms with van der Waals surface area (Å²) in [6, 6.07) is 10.5. The molecule has 0 radical (unpaired) electrons. The third-order valence-corrected chi connectivity index (χ3v) is 5.32. The number of hydrogen-bond acceptors (Lipinski definition) is 3. The van der Waals surface area contributed by atoms with E-state index in [1.807, 2.05) is 0 Å². The third-order valence-electron chi connectivity index (χ3n) is 5.32. The molecule has 2 aromatic rings. The van der Waals surface area contributed by atoms with Crippen LogP contribution < -0.4 is 15.4 Å². The van der Waals surface area contributed by atoms with E-state index in [1.165, 1.54) is 63.5 Å². The second-order valence-corrected chi connectivity index (χ2v) is 7.47. The highest BCUT2D eigenvalue weighted by Crippen LogP contribution is 2.30. The second-order valence-electron chi connectivity index (χ2n) is 7.47. The molecule has 0 aliphatic heterocycles. The average molecular weight is 398 g/mol. The molecule has 0 saturated heterocycles. The summed E-state index contributed by atoms with van der Waals surface area (Å²) in [7, 11) is 1.50. The van der Waals surface area contributed by atoms with Crippen molar-refractivity contribution in [2.75, 3.05) is 17.7 Å². The minimum absolute atomic E-state index is 0.0388. The molecule has 1 aliphatic rings. The van der Waals surface area contributed by atoms with Gasteiger partial charge in [-0.1, -0.05) is 38.2 Å². The summed E-state index contributed by atoms with van der Waals surface area (Å²) in [5.74, 6) is 0.122. The van der Waals surface area contributed by atoms with Gasteiger partial charge in [-0.25, -0.2) is 4.39 Å². The van der Waals surface area contributed by atoms with Crippen molar-refractivity contribution in [3.8, 4) is 5.75 Å². The summed E-state index contributed by atoms with van der Waals surface area (Å²) in [6.07, 6.45) is 7.65. The minimum Gasteiger partial charge on any atom is -0.495 e. The van der Waals surface area contributed by atoms with Gasteiger partial charge in [-0.15, -0.1) is 0 Å². The standard InChI is InChI=1S/C23H27FN2O3/c1-29-21-12-11-19(25-22(27)13-10-16-6-3-2-4-7-16)15-20(21)26-23(28)17-8-5-9-18(24)14-17/h5,8-9,11-12,14-16H,2-4,6-7,10,13H2,1H3,(H,25,27)(H,26,28). The van der Waals surface area contributed by atoms with Crippen molar-refractivity contribution >= 4 is 23.2 Å². The highest BCUT2D eigenvalue weighted by atomic mass is 19.1. The lowest BCUT2D eigenvalue weighted by molar-refractivity contribution is -0.116. The number of hydrogen-bond donors (Lipinski definition) is 2. The van der Waals surface area contributed by atoms with Crippen LogP contribution in [0.3, 0.4) is 0 Å². The quantitative estimate of drug-likeness (QED) is 0.657. The van der Waals surface area contributed by atoms with Gasteiger partial charge in [-0.3, -0.25) is 9.59 Å². The molecule has 0 bridgehead atoms. The van der Waals surface area contributed by atoms with Gasteiger partial charge in [0.05, 0.1) is 12.8 Å². The molecule has 2 amide bonds. The molecule has 29 heavy (non-hydrogen) atoms. The number of benzene rings is 2. The van der Waals surface area contributed by atoms with Crippen molar-refractivity contribution in [3.63, 3.8) is 0 Å². The Bertz CT molecular complexity index is 863. The van der Waals surface area contributed by atoms with Crippen LogP contribution in [0.25, 0.3) is 0 Å². The van der Waals surface area contributed by atoms with Crippen LogP contribution >= 0.6 is 0 Å². The summed E-state index contributed by atoms with van der Waals surface area (Å²) in [4.78, 5) is 24.8. The van der Waals surface area contributed by atoms with Crippen LogP contribution in [0.5, 0.6) is 5.75 Å². The fourth-order valence-corrected chi connectivity index (χ4v) is 3.74. The van der Waals surface area contributed by atoms with Gasteiger partial charge >= 0.3 is 0 Å². The molecular formula is C23H27FN2O3. The first-order valence-electron chi connectivity index (χ1n) is 10.1. The third kappa shape index (κ3) is 6.04. The van der Waals surface area contributed by atoms with E-state index in [2.05, 4.69) is 10.6 Å². The zero-order valence-electron chi connectivity index (χ0n) is 16.7. The number of carbonyl (C=O) groups excluding carboxylic acids is 2. The highest BCUT2D eigenvalue weighted by Gasteiger charge is 2.16. The SMILES string of the molecule is COc1ccc(NC(=O)CCC2CCCCC2)cc1NC(=O)c1cccc(F)c1. The van der Waals surface area contributed by atoms with Crippen LogP contribution in [0.15, 0.2) is 42.5 Å². The summed E-state index contributed by atoms with van der Waals surface area (Å²) in [5, 5.41) is 5.61. The van der Waals surface area contributed by atoms with Gasteiger partial charge in [0.15, 0.2) is 0 Å². The van der Waals surface area contributed by atoms with Gasteiger partial charge in [-0.05, 0) is 48.7 Å². The lowest BCUT2D eigenvalue weighted by Gasteiger charge is -2.21. The first-order valence-corrected chi connectivity index (χ1v) is 10.1. The van der Waals surface area contributed by atoms with Crippen LogP contribution in [0, 0.1) is 11.7 Å². The molecule has 1 fully saturated rings. The van der Waals surface area contributed by atoms with Gasteiger partial charge in [0.25, 0.3) is 5.91 Å². The van der Waals surface area contributed by atoms with Crippen molar-refractivity contribution in [2.45, 2.75) is 44.9 Å². The van der Waals surface area contributed by atoms with Gasteiger partial charge < -0.3 is 15.4 Å². The van der Waals surface area contributed by atoms with Crippen molar-refractivity contribution in [1.29, 1.82) is 0 Å². The lowest BCUT2D eigenvalue weighted by atomic mass is 9.86. The molecule has 5 nitrogen and oxygen atoms in total. The van der Waals surface area contributed by atoms with E-state index < -0.39 is 11.7 Å². The maximum absolute atomic E-state index is 13.4. The van der Waals surface area contributed by atoms with Crippen molar-refractivity contribution in [3.05, 3.63) is 53.8 Å². The Morgan fingerprint density at radius 1 is 1.07 bits per heavy atom. The molecule has 0 unspecified atom stereocenters. The molecule has 0 aromatic heterocycles. The van der Waals surface area contributed by atoms with E-state index in [1.54, 1.807) is 18.2 Å². The highest BCUT2D eigenvalue weighted by molar-refractivity contribution is 6.05. The monoisotopic (exact) mass is 398 g/mol. The first kappa shape index (κ1) is 20.8. The van der Waals surface area contributed by atoms with E-state index >= 15 is 0 Å². The summed E-state index contributed by atoms with van der Waals surface area (Å²) in [6.45, 7) is 0. The van der Waals surface area contributed by atoms with E-state index in [9.17, 15) is 14.0 Å². The molecular weight excluding hydrogens is 371 g/mol. The van der Waals surface area contributed by atoms with Gasteiger partial charge in [-0.2, -0.15) is 0 Å². The van der Waals surface area contributed by atoms with Crippen LogP contribution in [0.2, 0.25) is 0 Å². The van der Waals surface area contributed by atoms with Gasteiger partial charge in [0.2, 0.25) is 5.91 Å². The van der Waals surface area contributed by atoms with Crippen molar-refractivity contribution in [1.82, 2.24) is 0 Å². The zero-order valence-corrected chi connectivity index (χ0v) is 16.7. The summed E-state index contributed by atoms with van der Waals surface area (Å²) in [5.41, 5.74) is 1.19. The topological polar surface area (TPSA) is 67.4 Å². The zero-order chi connectivity index (χ0) is 20.6. The molecule has 0 heterocycles. The van der Waals surface area contributed by atoms with Gasteiger partial charge in [0, 0.05) is 17.7 Å². The lowest BCUT2D eigenvalue weighted by Crippen LogP contribution is -2.16. The summed E-state index contributed by atoms with van der Waals surface area (Å²) >= 11 is 0. The van der Waals surface area contributed by atoms with Crippen LogP contribution in [-0.4, -0.2) is 18.9 Å². The number of rotatable bonds is 7. The molecule has 2 N–H and O–H groups in total. The largest absolute Gasteiger partial charge is 0.495 e. The number of methoxy groups -OCH3 is 1. The molecule has 0 atom stereocenters. The molecule has 6 heteroatoms. The fraction of sp³-hybridized carbons (Fsp3) is 0.391. The second kappa shape index (κ2) is 10.0. The Morgan fingerprint density at radius 3 is 2.59 bits per heavy atom. The molecule has 2 aromatic carbocycles. The molecule has 154 valence electrons. The Balaban J connectivity index is 1.63. The fourth-order valence-electron chi connectivity index (χ4n) is 3.74. The van der Waals surface area contributed by atoms with E-state index in [0.717, 1.165) is 6.42 Å². The van der Waals surface area contributed by atoms with Crippen LogP contribution in [0.1, 0.15) is 55.3 Å². The minimum atomic E-state index is -0.483. The van der Waals surface area contributed by atoms with Gasteiger partial charge in [0.1, 0.15) is 11.6 Å². The number of nitrogens with one attached hydrogen (secondary N) is 2. The predicted octanol–water partition coefficient (Wildman–Crippen LogP) is 5.39. The summed E-state index contributed by atoms with van der Waals surface area (Å²) < 4.78 is 18.7. The Hall–Kier alpha value is -2.89. The number of carbonyl (C=O) groups is 2. The number of halogens is 1. The average Bonchev–Trinajstić information content (AvgIpc) is 2.73. The predicted molar refractivity (Wildman–Crippen MR) is 112 cm³/mol. The van der Waals surface area contributed by atoms with Crippen LogP contribution in [-0.2, 0) is 4.79 Å². The first-order chi connectivity index (χ1) is 14.0. The number of anilines is 2. The molecule has 0 spiro atoms. The van der Waals surface area contributed by atoms with E-state index in [0.29, 0.717) is 29.5 Å². The maximum atomic E-state index is 13.4. The molecule has 1 aliphatic carbocycles. The number of ether oxygens (including phenoxy) is 1. The normalized spacial score (nSPS) is 14.3. The molecule has 3 rings (SSSR count). The molecule has 1 saturated carbocycles. The van der Waals surface area contributed by atoms with Crippen molar-refractivity contribution < 1.29 is 18.7 Å². The van der Waals surface area contributed by atoms with Crippen LogP contribution in [0.4, 0.5) is 15.8 Å². The smallest absolute Gasteiger partial charge is 0.255 e. The Labute approximate surface area is 170 Å².